The molecule has 1 heterocycles. The molecule has 3 aromatic rings. The first-order valence-electron chi connectivity index (χ1n) is 12.3. The zero-order valence-corrected chi connectivity index (χ0v) is 24.9. The number of hydrogen-bond donors (Lipinski definition) is 2. The number of carboxylic acid groups (broad SMARTS) is 1. The van der Waals surface area contributed by atoms with Crippen molar-refractivity contribution in [2.75, 3.05) is 19.1 Å². The molecule has 2 N–H and O–H groups in total. The zero-order valence-electron chi connectivity index (χ0n) is 21.7. The molecule has 0 fully saturated rings. The highest BCUT2D eigenvalue weighted by Gasteiger charge is 2.26. The Kier molecular flexibility index (Phi) is 8.90. The maximum Gasteiger partial charge on any atom is 0.326 e. The van der Waals surface area contributed by atoms with Gasteiger partial charge in [-0.1, -0.05) is 35.3 Å². The standard InChI is InChI=1S/C28H27Cl2N2O6PS/c1-39(36,20-6-7-24-19(16-20)8-10-31-24)11-9-18-13-22(29)26(23(30)14-18)27(33)32-25(28(34)35)15-17-4-3-5-21(12-17)40(2,37)38/h3-7,10,12-14,16,25H,8-9,11,15H2,1-2H3,(H,32,33)(H,34,35)/t25-,39?/m0/s1. The van der Waals surface area contributed by atoms with E-state index in [4.69, 9.17) is 23.2 Å². The van der Waals surface area contributed by atoms with Gasteiger partial charge in [0.1, 0.15) is 13.2 Å². The predicted octanol–water partition coefficient (Wildman–Crippen LogP) is 4.94. The number of aliphatic imine (C=N–C) groups is 1. The second-order valence-electron chi connectivity index (χ2n) is 9.83. The van der Waals surface area contributed by atoms with E-state index in [1.54, 1.807) is 24.9 Å². The fourth-order valence-electron chi connectivity index (χ4n) is 4.43. The van der Waals surface area contributed by atoms with Crippen LogP contribution in [-0.2, 0) is 38.5 Å². The molecule has 8 nitrogen and oxygen atoms in total. The molecule has 3 aromatic carbocycles. The van der Waals surface area contributed by atoms with Gasteiger partial charge >= 0.3 is 5.97 Å². The van der Waals surface area contributed by atoms with E-state index < -0.39 is 34.9 Å². The number of fused-ring (bicyclic) bond motifs is 1. The van der Waals surface area contributed by atoms with Crippen LogP contribution in [-0.4, -0.2) is 56.7 Å². The van der Waals surface area contributed by atoms with Crippen LogP contribution in [0, 0.1) is 0 Å². The summed E-state index contributed by atoms with van der Waals surface area (Å²) in [6.45, 7) is 1.73. The molecule has 0 spiro atoms. The van der Waals surface area contributed by atoms with Crippen LogP contribution in [0.1, 0.15) is 27.0 Å². The molecule has 1 amide bonds. The number of halogens is 2. The molecule has 12 heteroatoms. The monoisotopic (exact) mass is 620 g/mol. The van der Waals surface area contributed by atoms with E-state index in [9.17, 15) is 27.7 Å². The van der Waals surface area contributed by atoms with Crippen molar-refractivity contribution < 1.29 is 27.7 Å². The first kappa shape index (κ1) is 30.0. The van der Waals surface area contributed by atoms with Crippen molar-refractivity contribution in [3.05, 3.63) is 86.9 Å². The van der Waals surface area contributed by atoms with Crippen molar-refractivity contribution in [1.29, 1.82) is 0 Å². The fraction of sp³-hybridized carbons (Fsp3) is 0.250. The van der Waals surface area contributed by atoms with Crippen LogP contribution >= 0.6 is 30.3 Å². The largest absolute Gasteiger partial charge is 0.480 e. The van der Waals surface area contributed by atoms with Crippen molar-refractivity contribution >= 4 is 69.3 Å². The number of rotatable bonds is 10. The summed E-state index contributed by atoms with van der Waals surface area (Å²) < 4.78 is 37.2. The number of carboxylic acids is 1. The van der Waals surface area contributed by atoms with Crippen LogP contribution in [0.15, 0.2) is 64.5 Å². The van der Waals surface area contributed by atoms with E-state index in [2.05, 4.69) is 10.3 Å². The number of nitrogens with zero attached hydrogens (tertiary/aromatic N) is 1. The minimum Gasteiger partial charge on any atom is -0.480 e. The van der Waals surface area contributed by atoms with E-state index in [0.29, 0.717) is 30.1 Å². The molecular weight excluding hydrogens is 594 g/mol. The van der Waals surface area contributed by atoms with Gasteiger partial charge in [-0.05, 0) is 72.2 Å². The third-order valence-corrected chi connectivity index (χ3v) is 10.8. The number of sulfone groups is 1. The SMILES string of the molecule is CP(=O)(CCc1cc(Cl)c(C(=O)N[C@@H](Cc2cccc(S(C)(=O)=O)c2)C(=O)O)c(Cl)c1)c1ccc2c(c1)CC=N2. The molecule has 1 aliphatic rings. The van der Waals surface area contributed by atoms with Gasteiger partial charge in [-0.25, -0.2) is 13.2 Å². The molecule has 1 unspecified atom stereocenters. The van der Waals surface area contributed by atoms with E-state index in [1.165, 1.54) is 18.2 Å². The summed E-state index contributed by atoms with van der Waals surface area (Å²) >= 11 is 12.8. The normalized spacial score (nSPS) is 14.8. The number of hydrogen-bond acceptors (Lipinski definition) is 6. The van der Waals surface area contributed by atoms with Crippen molar-refractivity contribution in [2.24, 2.45) is 4.99 Å². The Hall–Kier alpha value is -2.97. The topological polar surface area (TPSA) is 130 Å². The summed E-state index contributed by atoms with van der Waals surface area (Å²) in [5.41, 5.74) is 2.96. The maximum atomic E-state index is 13.5. The van der Waals surface area contributed by atoms with Crippen LogP contribution in [0.5, 0.6) is 0 Å². The summed E-state index contributed by atoms with van der Waals surface area (Å²) in [6, 6.07) is 13.3. The fourth-order valence-corrected chi connectivity index (χ4v) is 7.58. The van der Waals surface area contributed by atoms with E-state index in [0.717, 1.165) is 22.8 Å². The van der Waals surface area contributed by atoms with Crippen LogP contribution in [0.4, 0.5) is 5.69 Å². The van der Waals surface area contributed by atoms with Crippen LogP contribution in [0.25, 0.3) is 0 Å². The number of carbonyl (C=O) groups excluding carboxylic acids is 1. The molecule has 0 saturated heterocycles. The van der Waals surface area contributed by atoms with Gasteiger partial charge in [0, 0.05) is 36.8 Å². The van der Waals surface area contributed by atoms with Crippen molar-refractivity contribution in [3.63, 3.8) is 0 Å². The van der Waals surface area contributed by atoms with E-state index in [-0.39, 0.29) is 26.9 Å². The Morgan fingerprint density at radius 1 is 1.07 bits per heavy atom. The summed E-state index contributed by atoms with van der Waals surface area (Å²) in [5, 5.41) is 13.0. The number of benzene rings is 3. The second kappa shape index (κ2) is 11.9. The molecule has 0 saturated carbocycles. The minimum atomic E-state index is -3.49. The summed E-state index contributed by atoms with van der Waals surface area (Å²) in [4.78, 5) is 29.3. The maximum absolute atomic E-state index is 13.5. The van der Waals surface area contributed by atoms with Gasteiger partial charge in [0.05, 0.1) is 26.2 Å². The number of nitrogens with one attached hydrogen (secondary N) is 1. The lowest BCUT2D eigenvalue weighted by Crippen LogP contribution is -2.42. The first-order chi connectivity index (χ1) is 18.7. The summed E-state index contributed by atoms with van der Waals surface area (Å²) in [7, 11) is -6.19. The molecule has 0 radical (unpaired) electrons. The first-order valence-corrected chi connectivity index (χ1v) is 17.3. The van der Waals surface area contributed by atoms with Gasteiger partial charge in [-0.15, -0.1) is 0 Å². The molecule has 40 heavy (non-hydrogen) atoms. The Balaban J connectivity index is 1.46. The molecule has 0 bridgehead atoms. The van der Waals surface area contributed by atoms with Crippen LogP contribution in [0.2, 0.25) is 10.0 Å². The second-order valence-corrected chi connectivity index (χ2v) is 15.8. The molecule has 210 valence electrons. The lowest BCUT2D eigenvalue weighted by Gasteiger charge is -2.18. The Labute approximate surface area is 242 Å². The van der Waals surface area contributed by atoms with Crippen LogP contribution in [0.3, 0.4) is 0 Å². The van der Waals surface area contributed by atoms with Gasteiger partial charge in [0.2, 0.25) is 0 Å². The number of aryl methyl sites for hydroxylation is 1. The Morgan fingerprint density at radius 2 is 1.77 bits per heavy atom. The van der Waals surface area contributed by atoms with Gasteiger partial charge < -0.3 is 15.0 Å². The molecule has 0 aromatic heterocycles. The zero-order chi connectivity index (χ0) is 29.2. The molecular formula is C28H27Cl2N2O6PS. The van der Waals surface area contributed by atoms with Gasteiger partial charge in [-0.3, -0.25) is 9.79 Å². The average Bonchev–Trinajstić information content (AvgIpc) is 3.34. The molecule has 0 aliphatic carbocycles. The number of amides is 1. The quantitative estimate of drug-likeness (QED) is 0.309. The summed E-state index contributed by atoms with van der Waals surface area (Å²) in [6.07, 6.45) is 4.20. The van der Waals surface area contributed by atoms with Gasteiger partial charge in [0.25, 0.3) is 5.91 Å². The summed E-state index contributed by atoms with van der Waals surface area (Å²) in [5.74, 6) is -2.09. The van der Waals surface area contributed by atoms with Gasteiger partial charge in [-0.2, -0.15) is 0 Å². The smallest absolute Gasteiger partial charge is 0.326 e. The Bertz CT molecular complexity index is 1670. The van der Waals surface area contributed by atoms with E-state index >= 15 is 0 Å². The highest BCUT2D eigenvalue weighted by Crippen LogP contribution is 2.42. The minimum absolute atomic E-state index is 0.0313. The lowest BCUT2D eigenvalue weighted by molar-refractivity contribution is -0.139. The molecule has 2 atom stereocenters. The molecule has 1 aliphatic heterocycles. The average molecular weight is 621 g/mol. The lowest BCUT2D eigenvalue weighted by atomic mass is 10.0. The number of aliphatic carboxylic acids is 1. The van der Waals surface area contributed by atoms with Crippen molar-refractivity contribution in [3.8, 4) is 0 Å². The molecule has 4 rings (SSSR count). The number of carbonyl (C=O) groups is 2. The predicted molar refractivity (Wildman–Crippen MR) is 159 cm³/mol. The van der Waals surface area contributed by atoms with Crippen LogP contribution < -0.4 is 10.6 Å². The highest BCUT2D eigenvalue weighted by molar-refractivity contribution is 7.90. The third-order valence-electron chi connectivity index (χ3n) is 6.68. The Morgan fingerprint density at radius 3 is 2.42 bits per heavy atom. The van der Waals surface area contributed by atoms with Crippen molar-refractivity contribution in [1.82, 2.24) is 5.32 Å². The third kappa shape index (κ3) is 7.02. The van der Waals surface area contributed by atoms with Crippen molar-refractivity contribution in [2.45, 2.75) is 30.2 Å². The highest BCUT2D eigenvalue weighted by atomic mass is 35.5. The van der Waals surface area contributed by atoms with E-state index in [1.807, 2.05) is 24.4 Å². The van der Waals surface area contributed by atoms with Gasteiger partial charge in [0.15, 0.2) is 9.84 Å².